The Kier molecular flexibility index (Phi) is 4.71. The molecule has 126 valence electrons. The number of thiophene rings is 1. The van der Waals surface area contributed by atoms with E-state index in [2.05, 4.69) is 48.2 Å². The van der Waals surface area contributed by atoms with Gasteiger partial charge in [0.15, 0.2) is 0 Å². The van der Waals surface area contributed by atoms with E-state index in [9.17, 15) is 0 Å². The molecular formula is C19H23N3OS. The van der Waals surface area contributed by atoms with Gasteiger partial charge in [0.2, 0.25) is 0 Å². The van der Waals surface area contributed by atoms with E-state index < -0.39 is 0 Å². The molecule has 5 heteroatoms. The summed E-state index contributed by atoms with van der Waals surface area (Å²) in [5.41, 5.74) is 2.38. The maximum atomic E-state index is 5.55. The van der Waals surface area contributed by atoms with E-state index in [4.69, 9.17) is 4.74 Å². The largest absolute Gasteiger partial charge is 0.494 e. The smallest absolute Gasteiger partial charge is 0.139 e. The van der Waals surface area contributed by atoms with Crippen LogP contribution in [0.3, 0.4) is 0 Å². The molecule has 2 heterocycles. The number of ether oxygens (including phenoxy) is 1. The summed E-state index contributed by atoms with van der Waals surface area (Å²) in [6.45, 7) is 11.0. The topological polar surface area (TPSA) is 47.0 Å². The minimum atomic E-state index is 0.316. The molecule has 1 aromatic carbocycles. The van der Waals surface area contributed by atoms with Gasteiger partial charge in [-0.3, -0.25) is 0 Å². The van der Waals surface area contributed by atoms with Crippen LogP contribution >= 0.6 is 11.3 Å². The third-order valence-corrected chi connectivity index (χ3v) is 4.72. The van der Waals surface area contributed by atoms with Gasteiger partial charge in [-0.05, 0) is 52.3 Å². The number of hydrogen-bond acceptors (Lipinski definition) is 5. The molecule has 0 saturated carbocycles. The van der Waals surface area contributed by atoms with Gasteiger partial charge < -0.3 is 10.1 Å². The highest BCUT2D eigenvalue weighted by molar-refractivity contribution is 7.19. The van der Waals surface area contributed by atoms with Crippen molar-refractivity contribution in [2.45, 2.75) is 40.7 Å². The molecule has 0 aliphatic carbocycles. The molecular weight excluding hydrogens is 318 g/mol. The predicted octanol–water partition coefficient (Wildman–Crippen LogP) is 5.19. The van der Waals surface area contributed by atoms with Crippen molar-refractivity contribution in [3.8, 4) is 16.9 Å². The monoisotopic (exact) mass is 341 g/mol. The number of nitrogens with zero attached hydrogens (tertiary/aromatic N) is 2. The fraction of sp³-hybridized carbons (Fsp3) is 0.368. The first-order chi connectivity index (χ1) is 11.5. The lowest BCUT2D eigenvalue weighted by atomic mass is 10.0. The molecule has 0 aliphatic rings. The average Bonchev–Trinajstić information content (AvgIpc) is 2.84. The summed E-state index contributed by atoms with van der Waals surface area (Å²) in [5, 5.41) is 4.59. The quantitative estimate of drug-likeness (QED) is 0.693. The average molecular weight is 341 g/mol. The standard InChI is InChI=1S/C19H23N3OS/c1-6-23-15-9-7-14(8-10-15)16-12(4)24-19-17(16)18(20-11(2)3)21-13(5)22-19/h7-11H,6H2,1-5H3,(H,20,21,22). The molecule has 0 saturated heterocycles. The van der Waals surface area contributed by atoms with Crippen LogP contribution in [0, 0.1) is 13.8 Å². The second kappa shape index (κ2) is 6.77. The first-order valence-corrected chi connectivity index (χ1v) is 9.08. The van der Waals surface area contributed by atoms with Crippen LogP contribution in [0.15, 0.2) is 24.3 Å². The Bertz CT molecular complexity index is 853. The highest BCUT2D eigenvalue weighted by Crippen LogP contribution is 2.41. The molecule has 0 atom stereocenters. The minimum Gasteiger partial charge on any atom is -0.494 e. The summed E-state index contributed by atoms with van der Waals surface area (Å²) >= 11 is 1.72. The van der Waals surface area contributed by atoms with Gasteiger partial charge in [0.25, 0.3) is 0 Å². The number of benzene rings is 1. The summed E-state index contributed by atoms with van der Waals surface area (Å²) in [7, 11) is 0. The van der Waals surface area contributed by atoms with Gasteiger partial charge in [0, 0.05) is 16.5 Å². The Morgan fingerprint density at radius 3 is 2.46 bits per heavy atom. The third-order valence-electron chi connectivity index (χ3n) is 3.72. The number of nitrogens with one attached hydrogen (secondary N) is 1. The highest BCUT2D eigenvalue weighted by atomic mass is 32.1. The van der Waals surface area contributed by atoms with Gasteiger partial charge in [-0.1, -0.05) is 12.1 Å². The third kappa shape index (κ3) is 3.22. The molecule has 0 spiro atoms. The first kappa shape index (κ1) is 16.7. The molecule has 0 bridgehead atoms. The van der Waals surface area contributed by atoms with Gasteiger partial charge in [-0.25, -0.2) is 9.97 Å². The Labute approximate surface area is 146 Å². The molecule has 0 amide bonds. The van der Waals surface area contributed by atoms with Gasteiger partial charge >= 0.3 is 0 Å². The van der Waals surface area contributed by atoms with Crippen molar-refractivity contribution in [1.29, 1.82) is 0 Å². The normalized spacial score (nSPS) is 11.2. The second-order valence-electron chi connectivity index (χ2n) is 6.09. The van der Waals surface area contributed by atoms with Crippen molar-refractivity contribution in [3.05, 3.63) is 35.0 Å². The van der Waals surface area contributed by atoms with Gasteiger partial charge in [-0.15, -0.1) is 11.3 Å². The van der Waals surface area contributed by atoms with E-state index in [1.165, 1.54) is 16.0 Å². The van der Waals surface area contributed by atoms with Gasteiger partial charge in [-0.2, -0.15) is 0 Å². The fourth-order valence-electron chi connectivity index (χ4n) is 2.83. The van der Waals surface area contributed by atoms with Crippen LogP contribution < -0.4 is 10.1 Å². The number of hydrogen-bond donors (Lipinski definition) is 1. The Balaban J connectivity index is 2.17. The lowest BCUT2D eigenvalue weighted by molar-refractivity contribution is 0.340. The zero-order chi connectivity index (χ0) is 17.3. The summed E-state index contributed by atoms with van der Waals surface area (Å²) in [6.07, 6.45) is 0. The Hall–Kier alpha value is -2.14. The summed E-state index contributed by atoms with van der Waals surface area (Å²) in [6, 6.07) is 8.58. The molecule has 0 radical (unpaired) electrons. The van der Waals surface area contributed by atoms with E-state index in [0.29, 0.717) is 12.6 Å². The van der Waals surface area contributed by atoms with Crippen molar-refractivity contribution < 1.29 is 4.74 Å². The molecule has 24 heavy (non-hydrogen) atoms. The maximum absolute atomic E-state index is 5.55. The number of aryl methyl sites for hydroxylation is 2. The van der Waals surface area contributed by atoms with E-state index >= 15 is 0 Å². The van der Waals surface area contributed by atoms with E-state index in [0.717, 1.165) is 27.6 Å². The SMILES string of the molecule is CCOc1ccc(-c2c(C)sc3nc(C)nc(NC(C)C)c23)cc1. The van der Waals surface area contributed by atoms with E-state index in [1.54, 1.807) is 11.3 Å². The minimum absolute atomic E-state index is 0.316. The molecule has 0 fully saturated rings. The molecule has 2 aromatic heterocycles. The molecule has 3 rings (SSSR count). The van der Waals surface area contributed by atoms with Crippen molar-refractivity contribution >= 4 is 27.4 Å². The van der Waals surface area contributed by atoms with E-state index in [-0.39, 0.29) is 0 Å². The second-order valence-corrected chi connectivity index (χ2v) is 7.29. The number of rotatable bonds is 5. The van der Waals surface area contributed by atoms with Crippen LogP contribution in [0.5, 0.6) is 5.75 Å². The molecule has 3 aromatic rings. The predicted molar refractivity (Wildman–Crippen MR) is 102 cm³/mol. The van der Waals surface area contributed by atoms with Crippen molar-refractivity contribution in [1.82, 2.24) is 9.97 Å². The lowest BCUT2D eigenvalue weighted by Crippen LogP contribution is -2.12. The molecule has 4 nitrogen and oxygen atoms in total. The van der Waals surface area contributed by atoms with Crippen molar-refractivity contribution in [2.24, 2.45) is 0 Å². The zero-order valence-corrected chi connectivity index (χ0v) is 15.6. The summed E-state index contributed by atoms with van der Waals surface area (Å²) in [5.74, 6) is 2.61. The van der Waals surface area contributed by atoms with Crippen LogP contribution in [0.4, 0.5) is 5.82 Å². The maximum Gasteiger partial charge on any atom is 0.139 e. The number of anilines is 1. The fourth-order valence-corrected chi connectivity index (χ4v) is 3.92. The van der Waals surface area contributed by atoms with Crippen molar-refractivity contribution in [3.63, 3.8) is 0 Å². The van der Waals surface area contributed by atoms with Crippen LogP contribution in [0.2, 0.25) is 0 Å². The lowest BCUT2D eigenvalue weighted by Gasteiger charge is -2.12. The highest BCUT2D eigenvalue weighted by Gasteiger charge is 2.18. The Morgan fingerprint density at radius 1 is 1.12 bits per heavy atom. The zero-order valence-electron chi connectivity index (χ0n) is 14.8. The van der Waals surface area contributed by atoms with Crippen LogP contribution in [-0.4, -0.2) is 22.6 Å². The van der Waals surface area contributed by atoms with Gasteiger partial charge in [0.1, 0.15) is 22.2 Å². The van der Waals surface area contributed by atoms with Crippen LogP contribution in [0.1, 0.15) is 31.5 Å². The number of fused-ring (bicyclic) bond motifs is 1. The Morgan fingerprint density at radius 2 is 1.83 bits per heavy atom. The van der Waals surface area contributed by atoms with E-state index in [1.807, 2.05) is 26.0 Å². The molecule has 1 N–H and O–H groups in total. The summed E-state index contributed by atoms with van der Waals surface area (Å²) < 4.78 is 5.55. The summed E-state index contributed by atoms with van der Waals surface area (Å²) in [4.78, 5) is 11.6. The molecule has 0 aliphatic heterocycles. The number of aromatic nitrogens is 2. The van der Waals surface area contributed by atoms with Gasteiger partial charge in [0.05, 0.1) is 12.0 Å². The molecule has 0 unspecified atom stereocenters. The van der Waals surface area contributed by atoms with Crippen molar-refractivity contribution in [2.75, 3.05) is 11.9 Å². The van der Waals surface area contributed by atoms with Crippen LogP contribution in [-0.2, 0) is 0 Å². The van der Waals surface area contributed by atoms with Crippen LogP contribution in [0.25, 0.3) is 21.3 Å². The first-order valence-electron chi connectivity index (χ1n) is 8.27.